The van der Waals surface area contributed by atoms with Crippen molar-refractivity contribution in [2.45, 2.75) is 45.3 Å². The van der Waals surface area contributed by atoms with Crippen LogP contribution in [0.1, 0.15) is 33.1 Å². The third kappa shape index (κ3) is 5.95. The van der Waals surface area contributed by atoms with E-state index in [1.54, 1.807) is 0 Å². The first-order valence-corrected chi connectivity index (χ1v) is 8.25. The van der Waals surface area contributed by atoms with E-state index < -0.39 is 12.2 Å². The molecule has 0 bridgehead atoms. The fourth-order valence-corrected chi connectivity index (χ4v) is 2.84. The zero-order valence-corrected chi connectivity index (χ0v) is 16.2. The predicted molar refractivity (Wildman–Crippen MR) is 97.4 cm³/mol. The van der Waals surface area contributed by atoms with Crippen LogP contribution >= 0.6 is 24.0 Å². The highest BCUT2D eigenvalue weighted by Gasteiger charge is 2.41. The summed E-state index contributed by atoms with van der Waals surface area (Å²) in [5.74, 6) is 1.55. The molecule has 1 N–H and O–H groups in total. The van der Waals surface area contributed by atoms with Gasteiger partial charge in [-0.15, -0.1) is 24.0 Å². The average molecular weight is 448 g/mol. The van der Waals surface area contributed by atoms with Gasteiger partial charge in [0.2, 0.25) is 0 Å². The Morgan fingerprint density at radius 2 is 1.83 bits per heavy atom. The number of rotatable bonds is 4. The lowest BCUT2D eigenvalue weighted by Crippen LogP contribution is -2.56. The van der Waals surface area contributed by atoms with Gasteiger partial charge in [-0.25, -0.2) is 0 Å². The van der Waals surface area contributed by atoms with Crippen molar-refractivity contribution >= 4 is 29.9 Å². The van der Waals surface area contributed by atoms with Crippen LogP contribution < -0.4 is 5.32 Å². The molecule has 2 fully saturated rings. The Bertz CT molecular complexity index is 377. The minimum absolute atomic E-state index is 0. The standard InChI is InChI=1S/C15H27F3N4.HI/c1-3-19-14(20-11-13-5-4-6-13)22-9-7-21(8-10-22)12(2)15(16,17)18;/h12-13H,3-11H2,1-2H3,(H,19,20);1H. The maximum absolute atomic E-state index is 12.8. The van der Waals surface area contributed by atoms with Gasteiger partial charge in [0.1, 0.15) is 6.04 Å². The smallest absolute Gasteiger partial charge is 0.357 e. The third-order valence-corrected chi connectivity index (χ3v) is 4.69. The summed E-state index contributed by atoms with van der Waals surface area (Å²) in [6.07, 6.45) is -0.352. The zero-order chi connectivity index (χ0) is 16.2. The molecule has 8 heteroatoms. The zero-order valence-electron chi connectivity index (χ0n) is 13.9. The van der Waals surface area contributed by atoms with Gasteiger partial charge in [-0.3, -0.25) is 9.89 Å². The fraction of sp³-hybridized carbons (Fsp3) is 0.933. The van der Waals surface area contributed by atoms with Gasteiger partial charge < -0.3 is 10.2 Å². The molecule has 0 radical (unpaired) electrons. The second-order valence-corrected chi connectivity index (χ2v) is 6.23. The Labute approximate surface area is 153 Å². The molecule has 1 aliphatic carbocycles. The van der Waals surface area contributed by atoms with E-state index >= 15 is 0 Å². The number of piperazine rings is 1. The summed E-state index contributed by atoms with van der Waals surface area (Å²) in [6, 6.07) is -1.37. The van der Waals surface area contributed by atoms with Crippen LogP contribution in [0.2, 0.25) is 0 Å². The molecule has 0 spiro atoms. The summed E-state index contributed by atoms with van der Waals surface area (Å²) in [6.45, 7) is 6.91. The minimum atomic E-state index is -4.15. The number of halogens is 4. The molecule has 0 aromatic heterocycles. The van der Waals surface area contributed by atoms with Crippen LogP contribution in [0.25, 0.3) is 0 Å². The normalized spacial score (nSPS) is 22.3. The minimum Gasteiger partial charge on any atom is -0.357 e. The second-order valence-electron chi connectivity index (χ2n) is 6.23. The molecular weight excluding hydrogens is 420 g/mol. The molecule has 1 atom stereocenters. The number of alkyl halides is 3. The molecule has 1 unspecified atom stereocenters. The number of hydrogen-bond donors (Lipinski definition) is 1. The summed E-state index contributed by atoms with van der Waals surface area (Å²) >= 11 is 0. The highest BCUT2D eigenvalue weighted by Crippen LogP contribution is 2.27. The molecule has 1 saturated heterocycles. The molecule has 1 aliphatic heterocycles. The van der Waals surface area contributed by atoms with Crippen molar-refractivity contribution in [2.75, 3.05) is 39.3 Å². The van der Waals surface area contributed by atoms with Gasteiger partial charge >= 0.3 is 6.18 Å². The first kappa shape index (κ1) is 20.8. The topological polar surface area (TPSA) is 30.9 Å². The quantitative estimate of drug-likeness (QED) is 0.408. The van der Waals surface area contributed by atoms with Crippen LogP contribution in [0.4, 0.5) is 13.2 Å². The van der Waals surface area contributed by atoms with E-state index in [-0.39, 0.29) is 24.0 Å². The Hall–Kier alpha value is -0.250. The van der Waals surface area contributed by atoms with E-state index in [9.17, 15) is 13.2 Å². The van der Waals surface area contributed by atoms with Crippen molar-refractivity contribution < 1.29 is 13.2 Å². The van der Waals surface area contributed by atoms with Gasteiger partial charge in [-0.1, -0.05) is 6.42 Å². The van der Waals surface area contributed by atoms with Crippen molar-refractivity contribution in [3.8, 4) is 0 Å². The predicted octanol–water partition coefficient (Wildman–Crippen LogP) is 2.94. The van der Waals surface area contributed by atoms with E-state index in [2.05, 4.69) is 15.2 Å². The molecule has 0 aromatic rings. The summed E-state index contributed by atoms with van der Waals surface area (Å²) in [4.78, 5) is 8.26. The summed E-state index contributed by atoms with van der Waals surface area (Å²) in [7, 11) is 0. The molecule has 0 amide bonds. The van der Waals surface area contributed by atoms with Gasteiger partial charge in [-0.2, -0.15) is 13.2 Å². The van der Waals surface area contributed by atoms with Gasteiger partial charge in [0.25, 0.3) is 0 Å². The molecule has 2 rings (SSSR count). The highest BCUT2D eigenvalue weighted by atomic mass is 127. The lowest BCUT2D eigenvalue weighted by atomic mass is 9.86. The lowest BCUT2D eigenvalue weighted by molar-refractivity contribution is -0.181. The van der Waals surface area contributed by atoms with E-state index in [0.717, 1.165) is 19.0 Å². The van der Waals surface area contributed by atoms with Gasteiger partial charge in [0.15, 0.2) is 5.96 Å². The lowest BCUT2D eigenvalue weighted by Gasteiger charge is -2.39. The molecule has 1 saturated carbocycles. The van der Waals surface area contributed by atoms with E-state index in [1.165, 1.54) is 31.1 Å². The molecule has 136 valence electrons. The maximum Gasteiger partial charge on any atom is 0.403 e. The van der Waals surface area contributed by atoms with E-state index in [4.69, 9.17) is 0 Å². The molecule has 0 aromatic carbocycles. The van der Waals surface area contributed by atoms with E-state index in [1.807, 2.05) is 6.92 Å². The van der Waals surface area contributed by atoms with Gasteiger partial charge in [0.05, 0.1) is 0 Å². The van der Waals surface area contributed by atoms with Crippen molar-refractivity contribution in [2.24, 2.45) is 10.9 Å². The largest absolute Gasteiger partial charge is 0.403 e. The fourth-order valence-electron chi connectivity index (χ4n) is 2.84. The Morgan fingerprint density at radius 1 is 1.22 bits per heavy atom. The van der Waals surface area contributed by atoms with E-state index in [0.29, 0.717) is 32.1 Å². The van der Waals surface area contributed by atoms with Gasteiger partial charge in [-0.05, 0) is 32.6 Å². The first-order valence-electron chi connectivity index (χ1n) is 8.25. The molecule has 23 heavy (non-hydrogen) atoms. The van der Waals surface area contributed by atoms with Crippen LogP contribution in [-0.2, 0) is 0 Å². The van der Waals surface area contributed by atoms with Gasteiger partial charge in [0, 0.05) is 39.3 Å². The first-order chi connectivity index (χ1) is 10.4. The summed E-state index contributed by atoms with van der Waals surface area (Å²) in [5.41, 5.74) is 0. The Kier molecular flexibility index (Phi) is 8.40. The van der Waals surface area contributed by atoms with Crippen LogP contribution in [-0.4, -0.2) is 67.2 Å². The number of aliphatic imine (C=N–C) groups is 1. The van der Waals surface area contributed by atoms with Crippen molar-refractivity contribution in [1.82, 2.24) is 15.1 Å². The SMILES string of the molecule is CCNC(=NCC1CCC1)N1CCN(C(C)C(F)(F)F)CC1.I. The highest BCUT2D eigenvalue weighted by molar-refractivity contribution is 14.0. The van der Waals surface area contributed by atoms with Crippen molar-refractivity contribution in [3.63, 3.8) is 0 Å². The number of guanidine groups is 1. The maximum atomic E-state index is 12.8. The van der Waals surface area contributed by atoms with Crippen LogP contribution in [0, 0.1) is 5.92 Å². The number of nitrogens with zero attached hydrogens (tertiary/aromatic N) is 3. The second kappa shape index (κ2) is 9.29. The molecule has 2 aliphatic rings. The summed E-state index contributed by atoms with van der Waals surface area (Å²) < 4.78 is 38.3. The van der Waals surface area contributed by atoms with Crippen LogP contribution in [0.5, 0.6) is 0 Å². The van der Waals surface area contributed by atoms with Crippen molar-refractivity contribution in [1.29, 1.82) is 0 Å². The molecule has 4 nitrogen and oxygen atoms in total. The Balaban J connectivity index is 0.00000264. The van der Waals surface area contributed by atoms with Crippen LogP contribution in [0.15, 0.2) is 4.99 Å². The number of nitrogens with one attached hydrogen (secondary N) is 1. The van der Waals surface area contributed by atoms with Crippen molar-refractivity contribution in [3.05, 3.63) is 0 Å². The number of hydrogen-bond acceptors (Lipinski definition) is 2. The molecule has 1 heterocycles. The monoisotopic (exact) mass is 448 g/mol. The molecular formula is C15H28F3IN4. The Morgan fingerprint density at radius 3 is 2.26 bits per heavy atom. The summed E-state index contributed by atoms with van der Waals surface area (Å²) in [5, 5.41) is 3.27. The third-order valence-electron chi connectivity index (χ3n) is 4.69. The van der Waals surface area contributed by atoms with Crippen LogP contribution in [0.3, 0.4) is 0 Å². The average Bonchev–Trinajstić information content (AvgIpc) is 2.43.